The van der Waals surface area contributed by atoms with Crippen molar-refractivity contribution in [3.63, 3.8) is 0 Å². The van der Waals surface area contributed by atoms with Crippen LogP contribution in [-0.4, -0.2) is 47.7 Å². The number of hydrogen-bond acceptors (Lipinski definition) is 5. The number of nitrogens with one attached hydrogen (secondary N) is 1. The van der Waals surface area contributed by atoms with Gasteiger partial charge in [-0.15, -0.1) is 0 Å². The van der Waals surface area contributed by atoms with Crippen LogP contribution in [0.4, 0.5) is 5.82 Å². The predicted molar refractivity (Wildman–Crippen MR) is 87.1 cm³/mol. The van der Waals surface area contributed by atoms with Crippen molar-refractivity contribution >= 4 is 17.4 Å². The van der Waals surface area contributed by atoms with Crippen LogP contribution in [-0.2, 0) is 4.74 Å². The molecular weight excluding hydrogens is 300 g/mol. The molecule has 1 saturated heterocycles. The first-order valence-electron chi connectivity index (χ1n) is 7.40. The highest BCUT2D eigenvalue weighted by molar-refractivity contribution is 6.30. The number of rotatable bonds is 5. The summed E-state index contributed by atoms with van der Waals surface area (Å²) in [4.78, 5) is 10.8. The molecule has 1 unspecified atom stereocenters. The molecule has 22 heavy (non-hydrogen) atoms. The lowest BCUT2D eigenvalue weighted by Gasteiger charge is -2.35. The highest BCUT2D eigenvalue weighted by Crippen LogP contribution is 2.24. The highest BCUT2D eigenvalue weighted by Gasteiger charge is 2.22. The van der Waals surface area contributed by atoms with E-state index in [0.29, 0.717) is 0 Å². The summed E-state index contributed by atoms with van der Waals surface area (Å²) >= 11 is 6.01. The summed E-state index contributed by atoms with van der Waals surface area (Å²) in [5, 5.41) is 4.12. The number of benzene rings is 1. The van der Waals surface area contributed by atoms with Crippen LogP contribution in [0.2, 0.25) is 5.02 Å². The first kappa shape index (κ1) is 15.2. The minimum Gasteiger partial charge on any atom is -0.379 e. The van der Waals surface area contributed by atoms with Crippen molar-refractivity contribution in [3.8, 4) is 0 Å². The monoisotopic (exact) mass is 318 g/mol. The van der Waals surface area contributed by atoms with Gasteiger partial charge in [-0.3, -0.25) is 9.88 Å². The molecule has 0 radical (unpaired) electrons. The molecule has 0 aliphatic carbocycles. The summed E-state index contributed by atoms with van der Waals surface area (Å²) in [6.07, 6.45) is 5.09. The van der Waals surface area contributed by atoms with E-state index >= 15 is 0 Å². The van der Waals surface area contributed by atoms with E-state index in [1.807, 2.05) is 12.1 Å². The zero-order valence-corrected chi connectivity index (χ0v) is 13.0. The smallest absolute Gasteiger partial charge is 0.144 e. The normalized spacial score (nSPS) is 17.1. The molecule has 5 nitrogen and oxygen atoms in total. The Balaban J connectivity index is 1.74. The van der Waals surface area contributed by atoms with Gasteiger partial charge < -0.3 is 10.1 Å². The van der Waals surface area contributed by atoms with Gasteiger partial charge in [0.1, 0.15) is 5.82 Å². The fourth-order valence-electron chi connectivity index (χ4n) is 2.62. The van der Waals surface area contributed by atoms with E-state index in [9.17, 15) is 0 Å². The van der Waals surface area contributed by atoms with Crippen LogP contribution in [0.5, 0.6) is 0 Å². The molecule has 3 rings (SSSR count). The Morgan fingerprint density at radius 1 is 1.18 bits per heavy atom. The van der Waals surface area contributed by atoms with Crippen LogP contribution in [0.1, 0.15) is 11.6 Å². The third-order valence-electron chi connectivity index (χ3n) is 3.78. The zero-order chi connectivity index (χ0) is 15.2. The summed E-state index contributed by atoms with van der Waals surface area (Å²) in [7, 11) is 0. The van der Waals surface area contributed by atoms with E-state index in [1.54, 1.807) is 18.6 Å². The first-order valence-corrected chi connectivity index (χ1v) is 7.78. The van der Waals surface area contributed by atoms with E-state index in [4.69, 9.17) is 16.3 Å². The molecule has 6 heteroatoms. The Morgan fingerprint density at radius 2 is 1.95 bits per heavy atom. The minimum atomic E-state index is 0.253. The van der Waals surface area contributed by atoms with Crippen molar-refractivity contribution in [1.82, 2.24) is 14.9 Å². The lowest BCUT2D eigenvalue weighted by Crippen LogP contribution is -2.41. The van der Waals surface area contributed by atoms with Gasteiger partial charge in [0.2, 0.25) is 0 Å². The summed E-state index contributed by atoms with van der Waals surface area (Å²) in [6.45, 7) is 4.16. The van der Waals surface area contributed by atoms with E-state index < -0.39 is 0 Å². The average molecular weight is 319 g/mol. The molecule has 1 aliphatic heterocycles. The van der Waals surface area contributed by atoms with Crippen molar-refractivity contribution in [2.75, 3.05) is 38.2 Å². The first-order chi connectivity index (χ1) is 10.8. The zero-order valence-electron chi connectivity index (χ0n) is 12.3. The third kappa shape index (κ3) is 3.94. The maximum atomic E-state index is 6.01. The van der Waals surface area contributed by atoms with Crippen LogP contribution in [0.15, 0.2) is 42.9 Å². The number of aromatic nitrogens is 2. The second-order valence-electron chi connectivity index (χ2n) is 5.19. The Morgan fingerprint density at radius 3 is 2.64 bits per heavy atom. The van der Waals surface area contributed by atoms with Crippen LogP contribution in [0.3, 0.4) is 0 Å². The molecule has 1 aromatic heterocycles. The van der Waals surface area contributed by atoms with Gasteiger partial charge in [0, 0.05) is 37.1 Å². The number of nitrogens with zero attached hydrogens (tertiary/aromatic N) is 3. The predicted octanol–water partition coefficient (Wildman–Crippen LogP) is 2.62. The molecule has 1 atom stereocenters. The van der Waals surface area contributed by atoms with E-state index in [1.165, 1.54) is 5.56 Å². The number of ether oxygens (including phenoxy) is 1. The Kier molecular flexibility index (Phi) is 5.21. The number of halogens is 1. The van der Waals surface area contributed by atoms with Gasteiger partial charge >= 0.3 is 0 Å². The van der Waals surface area contributed by atoms with Gasteiger partial charge in [0.15, 0.2) is 0 Å². The quantitative estimate of drug-likeness (QED) is 0.918. The molecule has 1 fully saturated rings. The van der Waals surface area contributed by atoms with Crippen molar-refractivity contribution < 1.29 is 4.74 Å². The van der Waals surface area contributed by atoms with Gasteiger partial charge in [0.25, 0.3) is 0 Å². The van der Waals surface area contributed by atoms with Gasteiger partial charge in [0.05, 0.1) is 25.5 Å². The molecule has 116 valence electrons. The summed E-state index contributed by atoms with van der Waals surface area (Å²) in [5.74, 6) is 0.787. The molecule has 0 bridgehead atoms. The molecule has 0 saturated carbocycles. The fourth-order valence-corrected chi connectivity index (χ4v) is 2.75. The Labute approximate surface area is 135 Å². The van der Waals surface area contributed by atoms with Gasteiger partial charge in [-0.05, 0) is 17.7 Å². The Hall–Kier alpha value is -1.69. The van der Waals surface area contributed by atoms with Crippen LogP contribution < -0.4 is 5.32 Å². The van der Waals surface area contributed by atoms with E-state index in [0.717, 1.165) is 43.7 Å². The van der Waals surface area contributed by atoms with E-state index in [2.05, 4.69) is 32.3 Å². The molecule has 0 spiro atoms. The second-order valence-corrected chi connectivity index (χ2v) is 5.62. The molecule has 2 aromatic rings. The molecule has 2 heterocycles. The average Bonchev–Trinajstić information content (AvgIpc) is 2.58. The highest BCUT2D eigenvalue weighted by atomic mass is 35.5. The molecule has 1 aliphatic rings. The SMILES string of the molecule is Clc1ccc(C(CNc2cnccn2)N2CCOCC2)cc1. The maximum absolute atomic E-state index is 6.01. The third-order valence-corrected chi connectivity index (χ3v) is 4.03. The molecule has 1 aromatic carbocycles. The topological polar surface area (TPSA) is 50.3 Å². The van der Waals surface area contributed by atoms with E-state index in [-0.39, 0.29) is 6.04 Å². The summed E-state index contributed by atoms with van der Waals surface area (Å²) in [5.41, 5.74) is 1.24. The van der Waals surface area contributed by atoms with Crippen LogP contribution >= 0.6 is 11.6 Å². The lowest BCUT2D eigenvalue weighted by molar-refractivity contribution is 0.0187. The maximum Gasteiger partial charge on any atom is 0.144 e. The lowest BCUT2D eigenvalue weighted by atomic mass is 10.0. The molecular formula is C16H19ClN4O. The van der Waals surface area contributed by atoms with Crippen LogP contribution in [0.25, 0.3) is 0 Å². The standard InChI is InChI=1S/C16H19ClN4O/c17-14-3-1-13(2-4-14)15(21-7-9-22-10-8-21)11-20-16-12-18-5-6-19-16/h1-6,12,15H,7-11H2,(H,19,20). The van der Waals surface area contributed by atoms with Gasteiger partial charge in [-0.2, -0.15) is 0 Å². The molecule has 1 N–H and O–H groups in total. The van der Waals surface area contributed by atoms with Crippen molar-refractivity contribution in [2.24, 2.45) is 0 Å². The number of morpholine rings is 1. The molecule has 0 amide bonds. The minimum absolute atomic E-state index is 0.253. The fraction of sp³-hybridized carbons (Fsp3) is 0.375. The van der Waals surface area contributed by atoms with Crippen LogP contribution in [0, 0.1) is 0 Å². The Bertz CT molecular complexity index is 572. The van der Waals surface area contributed by atoms with Crippen molar-refractivity contribution in [2.45, 2.75) is 6.04 Å². The number of anilines is 1. The van der Waals surface area contributed by atoms with Crippen molar-refractivity contribution in [1.29, 1.82) is 0 Å². The largest absolute Gasteiger partial charge is 0.379 e. The van der Waals surface area contributed by atoms with Crippen molar-refractivity contribution in [3.05, 3.63) is 53.4 Å². The summed E-state index contributed by atoms with van der Waals surface area (Å²) in [6, 6.07) is 8.30. The second kappa shape index (κ2) is 7.54. The summed E-state index contributed by atoms with van der Waals surface area (Å²) < 4.78 is 5.46. The van der Waals surface area contributed by atoms with Gasteiger partial charge in [-0.25, -0.2) is 4.98 Å². The van der Waals surface area contributed by atoms with Gasteiger partial charge in [-0.1, -0.05) is 23.7 Å². The number of hydrogen-bond donors (Lipinski definition) is 1.